The van der Waals surface area contributed by atoms with Crippen molar-refractivity contribution in [3.8, 4) is 11.3 Å². The summed E-state index contributed by atoms with van der Waals surface area (Å²) in [5.41, 5.74) is 8.49. The van der Waals surface area contributed by atoms with Gasteiger partial charge in [-0.3, -0.25) is 0 Å². The molecular weight excluding hydrogens is 268 g/mol. The molecule has 2 aromatic rings. The number of nitrogens with zero attached hydrogens (tertiary/aromatic N) is 1. The number of ether oxygens (including phenoxy) is 1. The van der Waals surface area contributed by atoms with Crippen molar-refractivity contribution in [3.63, 3.8) is 0 Å². The highest BCUT2D eigenvalue weighted by atomic mass is 32.1. The van der Waals surface area contributed by atoms with Crippen molar-refractivity contribution in [3.05, 3.63) is 40.7 Å². The highest BCUT2D eigenvalue weighted by molar-refractivity contribution is 7.09. The van der Waals surface area contributed by atoms with E-state index in [0.717, 1.165) is 35.7 Å². The molecule has 0 amide bonds. The highest BCUT2D eigenvalue weighted by Gasteiger charge is 2.30. The highest BCUT2D eigenvalue weighted by Crippen LogP contribution is 2.26. The third-order valence-electron chi connectivity index (χ3n) is 3.90. The Labute approximate surface area is 123 Å². The molecule has 1 saturated heterocycles. The summed E-state index contributed by atoms with van der Waals surface area (Å²) in [5.74, 6) is 0.554. The summed E-state index contributed by atoms with van der Waals surface area (Å²) < 4.78 is 5.74. The molecule has 1 aromatic carbocycles. The molecule has 4 heteroatoms. The third-order valence-corrected chi connectivity index (χ3v) is 4.77. The minimum Gasteiger partial charge on any atom is -0.376 e. The van der Waals surface area contributed by atoms with E-state index in [1.807, 2.05) is 18.2 Å². The van der Waals surface area contributed by atoms with Gasteiger partial charge in [0.15, 0.2) is 0 Å². The van der Waals surface area contributed by atoms with E-state index >= 15 is 0 Å². The van der Waals surface area contributed by atoms with Crippen LogP contribution in [-0.4, -0.2) is 23.7 Å². The predicted molar refractivity (Wildman–Crippen MR) is 82.8 cm³/mol. The van der Waals surface area contributed by atoms with Gasteiger partial charge in [-0.1, -0.05) is 37.3 Å². The van der Waals surface area contributed by atoms with Gasteiger partial charge < -0.3 is 10.5 Å². The molecule has 106 valence electrons. The van der Waals surface area contributed by atoms with Crippen LogP contribution in [0.15, 0.2) is 35.7 Å². The van der Waals surface area contributed by atoms with E-state index < -0.39 is 0 Å². The summed E-state index contributed by atoms with van der Waals surface area (Å²) in [5, 5.41) is 3.20. The first-order chi connectivity index (χ1) is 9.74. The van der Waals surface area contributed by atoms with Gasteiger partial charge in [0.1, 0.15) is 0 Å². The normalized spacial score (nSPS) is 23.9. The Kier molecular flexibility index (Phi) is 4.15. The minimum absolute atomic E-state index is 0.0438. The quantitative estimate of drug-likeness (QED) is 0.940. The first kappa shape index (κ1) is 13.7. The zero-order chi connectivity index (χ0) is 13.9. The van der Waals surface area contributed by atoms with E-state index in [9.17, 15) is 0 Å². The van der Waals surface area contributed by atoms with Crippen LogP contribution in [-0.2, 0) is 11.2 Å². The smallest absolute Gasteiger partial charge is 0.0949 e. The molecule has 1 aliphatic heterocycles. The number of hydrogen-bond acceptors (Lipinski definition) is 4. The monoisotopic (exact) mass is 288 g/mol. The molecule has 0 aliphatic carbocycles. The van der Waals surface area contributed by atoms with Crippen LogP contribution in [0.5, 0.6) is 0 Å². The van der Waals surface area contributed by atoms with Crippen LogP contribution in [0.2, 0.25) is 0 Å². The van der Waals surface area contributed by atoms with Crippen molar-refractivity contribution in [1.82, 2.24) is 4.98 Å². The molecule has 0 bridgehead atoms. The molecule has 1 fully saturated rings. The lowest BCUT2D eigenvalue weighted by molar-refractivity contribution is 0.0726. The standard InChI is InChI=1S/C16H20N2OS/c1-11-7-8-19-16(11)13(17)9-15-18-14(10-20-15)12-5-3-2-4-6-12/h2-6,10-11,13,16H,7-9,17H2,1H3. The summed E-state index contributed by atoms with van der Waals surface area (Å²) in [4.78, 5) is 4.70. The molecule has 1 aromatic heterocycles. The van der Waals surface area contributed by atoms with Crippen LogP contribution in [0.4, 0.5) is 0 Å². The Morgan fingerprint density at radius 2 is 2.20 bits per heavy atom. The van der Waals surface area contributed by atoms with Gasteiger partial charge in [0.25, 0.3) is 0 Å². The topological polar surface area (TPSA) is 48.1 Å². The number of rotatable bonds is 4. The lowest BCUT2D eigenvalue weighted by Crippen LogP contribution is -2.39. The van der Waals surface area contributed by atoms with Crippen LogP contribution < -0.4 is 5.73 Å². The molecular formula is C16H20N2OS. The number of nitrogens with two attached hydrogens (primary N) is 1. The second kappa shape index (κ2) is 6.04. The van der Waals surface area contributed by atoms with Crippen LogP contribution in [0, 0.1) is 5.92 Å². The first-order valence-electron chi connectivity index (χ1n) is 7.11. The molecule has 0 radical (unpaired) electrons. The van der Waals surface area contributed by atoms with Gasteiger partial charge in [0, 0.05) is 30.0 Å². The second-order valence-electron chi connectivity index (χ2n) is 5.46. The van der Waals surface area contributed by atoms with E-state index in [1.54, 1.807) is 11.3 Å². The first-order valence-corrected chi connectivity index (χ1v) is 7.99. The summed E-state index contributed by atoms with van der Waals surface area (Å²) >= 11 is 1.69. The Balaban J connectivity index is 1.68. The van der Waals surface area contributed by atoms with E-state index in [0.29, 0.717) is 5.92 Å². The van der Waals surface area contributed by atoms with Gasteiger partial charge >= 0.3 is 0 Å². The Hall–Kier alpha value is -1.23. The molecule has 2 N–H and O–H groups in total. The third kappa shape index (κ3) is 2.92. The SMILES string of the molecule is CC1CCOC1C(N)Cc1nc(-c2ccccc2)cs1. The lowest BCUT2D eigenvalue weighted by Gasteiger charge is -2.21. The summed E-state index contributed by atoms with van der Waals surface area (Å²) in [6, 6.07) is 10.3. The zero-order valence-corrected chi connectivity index (χ0v) is 12.5. The predicted octanol–water partition coefficient (Wildman–Crippen LogP) is 3.10. The van der Waals surface area contributed by atoms with Crippen LogP contribution >= 0.6 is 11.3 Å². The van der Waals surface area contributed by atoms with Gasteiger partial charge in [-0.25, -0.2) is 4.98 Å². The lowest BCUT2D eigenvalue weighted by atomic mass is 9.96. The summed E-state index contributed by atoms with van der Waals surface area (Å²) in [6.07, 6.45) is 2.09. The van der Waals surface area contributed by atoms with Gasteiger partial charge in [-0.2, -0.15) is 0 Å². The summed E-state index contributed by atoms with van der Waals surface area (Å²) in [7, 11) is 0. The van der Waals surface area contributed by atoms with Crippen LogP contribution in [0.1, 0.15) is 18.4 Å². The van der Waals surface area contributed by atoms with E-state index in [-0.39, 0.29) is 12.1 Å². The van der Waals surface area contributed by atoms with E-state index in [1.165, 1.54) is 0 Å². The van der Waals surface area contributed by atoms with Crippen LogP contribution in [0.25, 0.3) is 11.3 Å². The fraction of sp³-hybridized carbons (Fsp3) is 0.438. The average Bonchev–Trinajstić information content (AvgIpc) is 3.09. The maximum absolute atomic E-state index is 6.29. The Morgan fingerprint density at radius 3 is 2.90 bits per heavy atom. The molecule has 1 aliphatic rings. The summed E-state index contributed by atoms with van der Waals surface area (Å²) in [6.45, 7) is 3.06. The Morgan fingerprint density at radius 1 is 1.40 bits per heavy atom. The van der Waals surface area contributed by atoms with Crippen molar-refractivity contribution in [2.75, 3.05) is 6.61 Å². The van der Waals surface area contributed by atoms with E-state index in [2.05, 4.69) is 24.4 Å². The number of hydrogen-bond donors (Lipinski definition) is 1. The molecule has 0 spiro atoms. The van der Waals surface area contributed by atoms with Crippen molar-refractivity contribution in [2.24, 2.45) is 11.7 Å². The molecule has 0 saturated carbocycles. The molecule has 3 nitrogen and oxygen atoms in total. The maximum atomic E-state index is 6.29. The van der Waals surface area contributed by atoms with Gasteiger partial charge in [0.2, 0.25) is 0 Å². The fourth-order valence-corrected chi connectivity index (χ4v) is 3.60. The maximum Gasteiger partial charge on any atom is 0.0949 e. The van der Waals surface area contributed by atoms with Gasteiger partial charge in [-0.15, -0.1) is 11.3 Å². The van der Waals surface area contributed by atoms with Crippen molar-refractivity contribution in [1.29, 1.82) is 0 Å². The fourth-order valence-electron chi connectivity index (χ4n) is 2.73. The van der Waals surface area contributed by atoms with Gasteiger partial charge in [0.05, 0.1) is 16.8 Å². The Bertz CT molecular complexity index is 555. The molecule has 3 rings (SSSR count). The molecule has 20 heavy (non-hydrogen) atoms. The van der Waals surface area contributed by atoms with Crippen LogP contribution in [0.3, 0.4) is 0 Å². The largest absolute Gasteiger partial charge is 0.376 e. The molecule has 2 heterocycles. The molecule has 3 atom stereocenters. The number of thiazole rings is 1. The number of aromatic nitrogens is 1. The van der Waals surface area contributed by atoms with Crippen molar-refractivity contribution in [2.45, 2.75) is 31.9 Å². The minimum atomic E-state index is 0.0438. The van der Waals surface area contributed by atoms with Gasteiger partial charge in [-0.05, 0) is 12.3 Å². The van der Waals surface area contributed by atoms with E-state index in [4.69, 9.17) is 15.5 Å². The van der Waals surface area contributed by atoms with Crippen molar-refractivity contribution >= 4 is 11.3 Å². The average molecular weight is 288 g/mol. The zero-order valence-electron chi connectivity index (χ0n) is 11.7. The molecule has 3 unspecified atom stereocenters. The second-order valence-corrected chi connectivity index (χ2v) is 6.40. The van der Waals surface area contributed by atoms with Crippen molar-refractivity contribution < 1.29 is 4.74 Å². The number of benzene rings is 1.